The molecule has 2 unspecified atom stereocenters. The first-order valence-electron chi connectivity index (χ1n) is 9.11. The van der Waals surface area contributed by atoms with Gasteiger partial charge in [0.1, 0.15) is 17.4 Å². The number of rotatable bonds is 9. The maximum absolute atomic E-state index is 13.8. The Bertz CT molecular complexity index is 834. The monoisotopic (exact) mass is 389 g/mol. The maximum Gasteiger partial charge on any atom is 0.303 e. The van der Waals surface area contributed by atoms with E-state index in [0.717, 1.165) is 5.56 Å². The zero-order valence-electron chi connectivity index (χ0n) is 15.2. The zero-order valence-corrected chi connectivity index (χ0v) is 15.2. The smallest absolute Gasteiger partial charge is 0.303 e. The van der Waals surface area contributed by atoms with Crippen molar-refractivity contribution in [3.63, 3.8) is 0 Å². The molecule has 0 radical (unpaired) electrons. The summed E-state index contributed by atoms with van der Waals surface area (Å²) < 4.78 is 33.1. The summed E-state index contributed by atoms with van der Waals surface area (Å²) in [5.41, 5.74) is 0.854. The molecule has 3 rings (SSSR count). The summed E-state index contributed by atoms with van der Waals surface area (Å²) >= 11 is 0. The van der Waals surface area contributed by atoms with E-state index in [1.54, 1.807) is 24.3 Å². The summed E-state index contributed by atoms with van der Waals surface area (Å²) in [6.45, 7) is 0.624. The van der Waals surface area contributed by atoms with Gasteiger partial charge in [-0.25, -0.2) is 8.78 Å². The molecule has 2 atom stereocenters. The van der Waals surface area contributed by atoms with Gasteiger partial charge in [-0.1, -0.05) is 18.2 Å². The van der Waals surface area contributed by atoms with Crippen molar-refractivity contribution in [2.75, 3.05) is 6.61 Å². The lowest BCUT2D eigenvalue weighted by Crippen LogP contribution is -2.25. The predicted octanol–water partition coefficient (Wildman–Crippen LogP) is 3.63. The number of amides is 1. The van der Waals surface area contributed by atoms with Gasteiger partial charge in [0.2, 0.25) is 5.91 Å². The van der Waals surface area contributed by atoms with E-state index in [0.29, 0.717) is 31.7 Å². The Morgan fingerprint density at radius 1 is 1.11 bits per heavy atom. The van der Waals surface area contributed by atoms with Crippen LogP contribution in [0.1, 0.15) is 36.3 Å². The standard InChI is InChI=1S/C21H21F2NO4/c22-17-3-1-4-18(23)20(17)15-11-16(15)21(27)24-12-13-6-8-14(9-7-13)28-10-2-5-19(25)26/h1,3-4,6-9,15-16H,2,5,10-12H2,(H,24,27)(H,25,26). The first-order valence-corrected chi connectivity index (χ1v) is 9.11. The summed E-state index contributed by atoms with van der Waals surface area (Å²) in [4.78, 5) is 22.7. The molecule has 1 saturated carbocycles. The summed E-state index contributed by atoms with van der Waals surface area (Å²) in [5, 5.41) is 11.4. The fourth-order valence-electron chi connectivity index (χ4n) is 3.11. The van der Waals surface area contributed by atoms with Gasteiger partial charge in [0.05, 0.1) is 6.61 Å². The molecule has 0 heterocycles. The van der Waals surface area contributed by atoms with Crippen LogP contribution in [0.15, 0.2) is 42.5 Å². The average molecular weight is 389 g/mol. The Labute approximate surface area is 161 Å². The van der Waals surface area contributed by atoms with Crippen molar-refractivity contribution in [2.24, 2.45) is 5.92 Å². The minimum atomic E-state index is -0.856. The van der Waals surface area contributed by atoms with Gasteiger partial charge >= 0.3 is 5.97 Å². The Morgan fingerprint density at radius 3 is 2.43 bits per heavy atom. The number of carboxylic acids is 1. The Hall–Kier alpha value is -2.96. The Balaban J connectivity index is 1.45. The Morgan fingerprint density at radius 2 is 1.79 bits per heavy atom. The van der Waals surface area contributed by atoms with Crippen LogP contribution in [0.5, 0.6) is 5.75 Å². The van der Waals surface area contributed by atoms with E-state index in [1.807, 2.05) is 0 Å². The van der Waals surface area contributed by atoms with Gasteiger partial charge in [-0.3, -0.25) is 9.59 Å². The highest BCUT2D eigenvalue weighted by Crippen LogP contribution is 2.49. The molecule has 1 aliphatic rings. The van der Waals surface area contributed by atoms with E-state index in [2.05, 4.69) is 5.32 Å². The molecule has 148 valence electrons. The highest BCUT2D eigenvalue weighted by atomic mass is 19.1. The molecule has 0 aromatic heterocycles. The van der Waals surface area contributed by atoms with Crippen LogP contribution in [-0.4, -0.2) is 23.6 Å². The van der Waals surface area contributed by atoms with Crippen LogP contribution in [0.4, 0.5) is 8.78 Å². The first-order chi connectivity index (χ1) is 13.5. The molecule has 2 N–H and O–H groups in total. The molecule has 0 spiro atoms. The highest BCUT2D eigenvalue weighted by molar-refractivity contribution is 5.82. The van der Waals surface area contributed by atoms with Crippen molar-refractivity contribution in [1.29, 1.82) is 0 Å². The van der Waals surface area contributed by atoms with Gasteiger partial charge in [0, 0.05) is 30.4 Å². The minimum Gasteiger partial charge on any atom is -0.494 e. The molecule has 1 aliphatic carbocycles. The van der Waals surface area contributed by atoms with Crippen molar-refractivity contribution < 1.29 is 28.2 Å². The van der Waals surface area contributed by atoms with Crippen LogP contribution < -0.4 is 10.1 Å². The minimum absolute atomic E-state index is 0.00736. The highest BCUT2D eigenvalue weighted by Gasteiger charge is 2.46. The number of halogens is 2. The molecule has 7 heteroatoms. The summed E-state index contributed by atoms with van der Waals surface area (Å²) in [5.74, 6) is -2.51. The average Bonchev–Trinajstić information content (AvgIpc) is 3.44. The van der Waals surface area contributed by atoms with Gasteiger partial charge < -0.3 is 15.2 Å². The summed E-state index contributed by atoms with van der Waals surface area (Å²) in [6, 6.07) is 10.8. The molecular weight excluding hydrogens is 368 g/mol. The van der Waals surface area contributed by atoms with Crippen molar-refractivity contribution in [3.8, 4) is 5.75 Å². The van der Waals surface area contributed by atoms with E-state index in [4.69, 9.17) is 9.84 Å². The van der Waals surface area contributed by atoms with Crippen LogP contribution in [0, 0.1) is 17.6 Å². The number of carbonyl (C=O) groups excluding carboxylic acids is 1. The number of hydrogen-bond donors (Lipinski definition) is 2. The predicted molar refractivity (Wildman–Crippen MR) is 97.9 cm³/mol. The maximum atomic E-state index is 13.8. The fraction of sp³-hybridized carbons (Fsp3) is 0.333. The van der Waals surface area contributed by atoms with Crippen LogP contribution in [0.2, 0.25) is 0 Å². The molecule has 0 bridgehead atoms. The number of nitrogens with one attached hydrogen (secondary N) is 1. The number of hydrogen-bond acceptors (Lipinski definition) is 3. The molecule has 0 saturated heterocycles. The van der Waals surface area contributed by atoms with Crippen molar-refractivity contribution in [3.05, 3.63) is 65.2 Å². The van der Waals surface area contributed by atoms with Gasteiger partial charge in [-0.2, -0.15) is 0 Å². The second kappa shape index (κ2) is 8.82. The molecular formula is C21H21F2NO4. The van der Waals surface area contributed by atoms with Crippen LogP contribution in [-0.2, 0) is 16.1 Å². The van der Waals surface area contributed by atoms with E-state index in [9.17, 15) is 18.4 Å². The molecule has 5 nitrogen and oxygen atoms in total. The molecule has 2 aromatic rings. The second-order valence-electron chi connectivity index (χ2n) is 6.79. The van der Waals surface area contributed by atoms with Crippen LogP contribution >= 0.6 is 0 Å². The first kappa shape index (κ1) is 19.8. The molecule has 2 aromatic carbocycles. The van der Waals surface area contributed by atoms with Crippen molar-refractivity contribution >= 4 is 11.9 Å². The summed E-state index contributed by atoms with van der Waals surface area (Å²) in [7, 11) is 0. The lowest BCUT2D eigenvalue weighted by atomic mass is 10.1. The van der Waals surface area contributed by atoms with E-state index >= 15 is 0 Å². The normalized spacial score (nSPS) is 17.8. The van der Waals surface area contributed by atoms with Gasteiger partial charge in [0.25, 0.3) is 0 Å². The van der Waals surface area contributed by atoms with Crippen molar-refractivity contribution in [1.82, 2.24) is 5.32 Å². The number of benzene rings is 2. The zero-order chi connectivity index (χ0) is 20.1. The third-order valence-corrected chi connectivity index (χ3v) is 4.69. The van der Waals surface area contributed by atoms with Gasteiger partial charge in [0.15, 0.2) is 0 Å². The Kier molecular flexibility index (Phi) is 6.23. The fourth-order valence-corrected chi connectivity index (χ4v) is 3.11. The second-order valence-corrected chi connectivity index (χ2v) is 6.79. The third kappa shape index (κ3) is 5.06. The third-order valence-electron chi connectivity index (χ3n) is 4.69. The largest absolute Gasteiger partial charge is 0.494 e. The van der Waals surface area contributed by atoms with Gasteiger partial charge in [-0.15, -0.1) is 0 Å². The lowest BCUT2D eigenvalue weighted by Gasteiger charge is -2.08. The van der Waals surface area contributed by atoms with E-state index in [-0.39, 0.29) is 17.9 Å². The van der Waals surface area contributed by atoms with E-state index < -0.39 is 29.4 Å². The molecule has 1 amide bonds. The number of carbonyl (C=O) groups is 2. The lowest BCUT2D eigenvalue weighted by molar-refractivity contribution is -0.137. The number of aliphatic carboxylic acids is 1. The summed E-state index contributed by atoms with van der Waals surface area (Å²) in [6.07, 6.45) is 0.925. The SMILES string of the molecule is O=C(O)CCCOc1ccc(CNC(=O)C2CC2c2c(F)cccc2F)cc1. The van der Waals surface area contributed by atoms with E-state index in [1.165, 1.54) is 18.2 Å². The number of carboxylic acid groups (broad SMARTS) is 1. The quantitative estimate of drug-likeness (QED) is 0.642. The van der Waals surface area contributed by atoms with Crippen molar-refractivity contribution in [2.45, 2.75) is 31.7 Å². The molecule has 1 fully saturated rings. The number of ether oxygens (including phenoxy) is 1. The molecule has 0 aliphatic heterocycles. The van der Waals surface area contributed by atoms with Gasteiger partial charge in [-0.05, 0) is 42.7 Å². The topological polar surface area (TPSA) is 75.6 Å². The van der Waals surface area contributed by atoms with Crippen LogP contribution in [0.25, 0.3) is 0 Å². The van der Waals surface area contributed by atoms with Crippen LogP contribution in [0.3, 0.4) is 0 Å². The molecule has 28 heavy (non-hydrogen) atoms.